The highest BCUT2D eigenvalue weighted by atomic mass is 35.5. The van der Waals surface area contributed by atoms with E-state index in [4.69, 9.17) is 0 Å². The largest absolute Gasteiger partial charge is 0.481 e. The van der Waals surface area contributed by atoms with Crippen LogP contribution >= 0.6 is 12.4 Å². The molecule has 1 aliphatic carbocycles. The monoisotopic (exact) mass is 309 g/mol. The smallest absolute Gasteiger partial charge is 0.311 e. The second kappa shape index (κ2) is 6.80. The highest BCUT2D eigenvalue weighted by Gasteiger charge is 2.54. The molecule has 0 bridgehead atoms. The first-order chi connectivity index (χ1) is 9.71. The van der Waals surface area contributed by atoms with Gasteiger partial charge in [0.2, 0.25) is 0 Å². The molecular formula is C17H24ClNO2. The summed E-state index contributed by atoms with van der Waals surface area (Å²) in [6, 6.07) is 10.5. The topological polar surface area (TPSA) is 40.5 Å². The zero-order valence-electron chi connectivity index (χ0n) is 12.3. The van der Waals surface area contributed by atoms with Crippen LogP contribution in [-0.4, -0.2) is 35.6 Å². The predicted molar refractivity (Wildman–Crippen MR) is 85.9 cm³/mol. The Morgan fingerprint density at radius 2 is 2.10 bits per heavy atom. The Balaban J connectivity index is 0.00000161. The molecule has 3 nitrogen and oxygen atoms in total. The van der Waals surface area contributed by atoms with E-state index in [1.54, 1.807) is 0 Å². The number of aryl methyl sites for hydroxylation is 1. The van der Waals surface area contributed by atoms with Gasteiger partial charge in [0.15, 0.2) is 0 Å². The number of nitrogens with zero attached hydrogens (tertiary/aromatic N) is 1. The number of hydrogen-bond acceptors (Lipinski definition) is 2. The Bertz CT molecular complexity index is 479. The number of carbonyl (C=O) groups is 1. The fourth-order valence-electron chi connectivity index (χ4n) is 4.06. The van der Waals surface area contributed by atoms with Crippen LogP contribution in [-0.2, 0) is 11.2 Å². The van der Waals surface area contributed by atoms with Gasteiger partial charge in [-0.05, 0) is 43.7 Å². The summed E-state index contributed by atoms with van der Waals surface area (Å²) in [6.07, 6.45) is 5.27. The van der Waals surface area contributed by atoms with Crippen molar-refractivity contribution in [3.8, 4) is 0 Å². The summed E-state index contributed by atoms with van der Waals surface area (Å²) in [4.78, 5) is 14.0. The number of carboxylic acid groups (broad SMARTS) is 1. The van der Waals surface area contributed by atoms with Crippen LogP contribution < -0.4 is 0 Å². The summed E-state index contributed by atoms with van der Waals surface area (Å²) in [5, 5.41) is 9.57. The van der Waals surface area contributed by atoms with Crippen molar-refractivity contribution in [1.29, 1.82) is 0 Å². The fourth-order valence-corrected chi connectivity index (χ4v) is 4.06. The van der Waals surface area contributed by atoms with E-state index in [1.807, 2.05) is 6.07 Å². The first kappa shape index (κ1) is 16.3. The van der Waals surface area contributed by atoms with Crippen LogP contribution in [0.1, 0.15) is 31.2 Å². The molecule has 0 radical (unpaired) electrons. The molecule has 1 aromatic rings. The van der Waals surface area contributed by atoms with Crippen molar-refractivity contribution in [2.45, 2.75) is 32.1 Å². The number of benzene rings is 1. The lowest BCUT2D eigenvalue weighted by Crippen LogP contribution is -2.35. The van der Waals surface area contributed by atoms with E-state index in [0.29, 0.717) is 5.92 Å². The fraction of sp³-hybridized carbons (Fsp3) is 0.588. The van der Waals surface area contributed by atoms with Crippen molar-refractivity contribution in [2.75, 3.05) is 19.6 Å². The van der Waals surface area contributed by atoms with Gasteiger partial charge in [-0.3, -0.25) is 4.79 Å². The number of rotatable bonds is 5. The molecule has 1 saturated heterocycles. The van der Waals surface area contributed by atoms with Crippen LogP contribution in [0, 0.1) is 11.3 Å². The molecule has 0 amide bonds. The van der Waals surface area contributed by atoms with Gasteiger partial charge in [-0.15, -0.1) is 12.4 Å². The molecule has 1 heterocycles. The van der Waals surface area contributed by atoms with Crippen LogP contribution in [0.25, 0.3) is 0 Å². The third kappa shape index (κ3) is 3.24. The minimum Gasteiger partial charge on any atom is -0.481 e. The predicted octanol–water partition coefficient (Wildman–Crippen LogP) is 3.23. The molecule has 1 aromatic carbocycles. The SMILES string of the molecule is Cl.O=C(O)[C@@]12CCC[C@H]1CN(CCCc1ccccc1)C2. The van der Waals surface area contributed by atoms with Crippen LogP contribution in [0.5, 0.6) is 0 Å². The zero-order chi connectivity index (χ0) is 14.0. The van der Waals surface area contributed by atoms with Crippen LogP contribution in [0.15, 0.2) is 30.3 Å². The maximum Gasteiger partial charge on any atom is 0.311 e. The van der Waals surface area contributed by atoms with Crippen LogP contribution in [0.3, 0.4) is 0 Å². The normalized spacial score (nSPS) is 28.1. The average molecular weight is 310 g/mol. The summed E-state index contributed by atoms with van der Waals surface area (Å²) in [5.74, 6) is -0.178. The number of aliphatic carboxylic acids is 1. The number of fused-ring (bicyclic) bond motifs is 1. The maximum atomic E-state index is 11.6. The molecular weight excluding hydrogens is 286 g/mol. The highest BCUT2D eigenvalue weighted by Crippen LogP contribution is 2.48. The first-order valence-electron chi connectivity index (χ1n) is 7.70. The lowest BCUT2D eigenvalue weighted by Gasteiger charge is -2.23. The third-order valence-corrected chi connectivity index (χ3v) is 5.15. The molecule has 2 aliphatic rings. The van der Waals surface area contributed by atoms with Crippen molar-refractivity contribution < 1.29 is 9.90 Å². The molecule has 0 unspecified atom stereocenters. The Morgan fingerprint density at radius 1 is 1.33 bits per heavy atom. The minimum atomic E-state index is -0.564. The van der Waals surface area contributed by atoms with Crippen LogP contribution in [0.2, 0.25) is 0 Å². The third-order valence-electron chi connectivity index (χ3n) is 5.15. The van der Waals surface area contributed by atoms with E-state index in [-0.39, 0.29) is 12.4 Å². The summed E-state index contributed by atoms with van der Waals surface area (Å²) < 4.78 is 0. The molecule has 4 heteroatoms. The second-order valence-corrected chi connectivity index (χ2v) is 6.37. The van der Waals surface area contributed by atoms with Gasteiger partial charge >= 0.3 is 5.97 Å². The van der Waals surface area contributed by atoms with Crippen molar-refractivity contribution in [3.63, 3.8) is 0 Å². The van der Waals surface area contributed by atoms with E-state index in [0.717, 1.165) is 51.7 Å². The van der Waals surface area contributed by atoms with Crippen LogP contribution in [0.4, 0.5) is 0 Å². The maximum absolute atomic E-state index is 11.6. The van der Waals surface area contributed by atoms with Crippen molar-refractivity contribution in [2.24, 2.45) is 11.3 Å². The number of carboxylic acids is 1. The Kier molecular flexibility index (Phi) is 5.28. The molecule has 2 atom stereocenters. The Morgan fingerprint density at radius 3 is 2.76 bits per heavy atom. The number of hydrogen-bond donors (Lipinski definition) is 1. The first-order valence-corrected chi connectivity index (χ1v) is 7.70. The molecule has 1 N–H and O–H groups in total. The van der Waals surface area contributed by atoms with Gasteiger partial charge in [0.05, 0.1) is 5.41 Å². The molecule has 116 valence electrons. The molecule has 1 aliphatic heterocycles. The van der Waals surface area contributed by atoms with Gasteiger partial charge < -0.3 is 10.0 Å². The van der Waals surface area contributed by atoms with E-state index in [1.165, 1.54) is 5.56 Å². The quantitative estimate of drug-likeness (QED) is 0.908. The molecule has 0 aromatic heterocycles. The van der Waals surface area contributed by atoms with Gasteiger partial charge in [-0.1, -0.05) is 36.8 Å². The molecule has 0 spiro atoms. The summed E-state index contributed by atoms with van der Waals surface area (Å²) in [6.45, 7) is 2.78. The van der Waals surface area contributed by atoms with Gasteiger partial charge in [-0.2, -0.15) is 0 Å². The molecule has 21 heavy (non-hydrogen) atoms. The molecule has 2 fully saturated rings. The van der Waals surface area contributed by atoms with Gasteiger partial charge in [0, 0.05) is 13.1 Å². The Labute approximate surface area is 132 Å². The lowest BCUT2D eigenvalue weighted by molar-refractivity contribution is -0.149. The summed E-state index contributed by atoms with van der Waals surface area (Å²) >= 11 is 0. The van der Waals surface area contributed by atoms with Gasteiger partial charge in [0.25, 0.3) is 0 Å². The van der Waals surface area contributed by atoms with Crippen molar-refractivity contribution >= 4 is 18.4 Å². The van der Waals surface area contributed by atoms with Crippen molar-refractivity contribution in [3.05, 3.63) is 35.9 Å². The van der Waals surface area contributed by atoms with E-state index in [2.05, 4.69) is 29.2 Å². The number of likely N-dealkylation sites (tertiary alicyclic amines) is 1. The zero-order valence-corrected chi connectivity index (χ0v) is 13.1. The summed E-state index contributed by atoms with van der Waals surface area (Å²) in [5.41, 5.74) is 0.951. The van der Waals surface area contributed by atoms with E-state index < -0.39 is 11.4 Å². The van der Waals surface area contributed by atoms with Gasteiger partial charge in [-0.25, -0.2) is 0 Å². The second-order valence-electron chi connectivity index (χ2n) is 6.37. The van der Waals surface area contributed by atoms with Crippen molar-refractivity contribution in [1.82, 2.24) is 4.90 Å². The Hall–Kier alpha value is -1.06. The van der Waals surface area contributed by atoms with E-state index in [9.17, 15) is 9.90 Å². The lowest BCUT2D eigenvalue weighted by atomic mass is 9.81. The molecule has 3 rings (SSSR count). The standard InChI is InChI=1S/C17H23NO2.ClH/c19-16(20)17-10-4-9-15(17)12-18(13-17)11-5-8-14-6-2-1-3-7-14;/h1-3,6-7,15H,4-5,8-13H2,(H,19,20);1H/t15-,17+;/m0./s1. The van der Waals surface area contributed by atoms with E-state index >= 15 is 0 Å². The molecule has 1 saturated carbocycles. The average Bonchev–Trinajstić information content (AvgIpc) is 2.97. The van der Waals surface area contributed by atoms with Gasteiger partial charge in [0.1, 0.15) is 0 Å². The highest BCUT2D eigenvalue weighted by molar-refractivity contribution is 5.85. The summed E-state index contributed by atoms with van der Waals surface area (Å²) in [7, 11) is 0. The minimum absolute atomic E-state index is 0. The number of halogens is 1.